The van der Waals surface area contributed by atoms with Crippen LogP contribution in [0.3, 0.4) is 0 Å². The zero-order valence-corrected chi connectivity index (χ0v) is 11.0. The molecule has 1 heterocycles. The highest BCUT2D eigenvalue weighted by Crippen LogP contribution is 2.28. The summed E-state index contributed by atoms with van der Waals surface area (Å²) >= 11 is 6.07. The van der Waals surface area contributed by atoms with E-state index in [-0.39, 0.29) is 10.6 Å². The third-order valence-corrected chi connectivity index (χ3v) is 3.30. The van der Waals surface area contributed by atoms with Gasteiger partial charge in [-0.25, -0.2) is 9.78 Å². The lowest BCUT2D eigenvalue weighted by atomic mass is 10.1. The standard InChI is InChI=1S/C12H17ClN2O2/c1-4-8(5-2)15(3)11-10(13)9(12(16)17)6-7-14-11/h6-8H,4-5H2,1-3H3,(H,16,17). The molecular formula is C12H17ClN2O2. The van der Waals surface area contributed by atoms with Crippen LogP contribution in [0.2, 0.25) is 5.02 Å². The van der Waals surface area contributed by atoms with E-state index in [1.54, 1.807) is 0 Å². The fraction of sp³-hybridized carbons (Fsp3) is 0.500. The molecule has 0 aromatic carbocycles. The van der Waals surface area contributed by atoms with Crippen molar-refractivity contribution in [1.82, 2.24) is 4.98 Å². The maximum absolute atomic E-state index is 11.0. The largest absolute Gasteiger partial charge is 0.478 e. The SMILES string of the molecule is CCC(CC)N(C)c1nccc(C(=O)O)c1Cl. The maximum Gasteiger partial charge on any atom is 0.337 e. The first-order valence-corrected chi connectivity index (χ1v) is 6.01. The van der Waals surface area contributed by atoms with Crippen LogP contribution in [-0.2, 0) is 0 Å². The molecule has 0 fully saturated rings. The van der Waals surface area contributed by atoms with Crippen molar-refractivity contribution in [3.05, 3.63) is 22.8 Å². The van der Waals surface area contributed by atoms with Crippen molar-refractivity contribution in [1.29, 1.82) is 0 Å². The summed E-state index contributed by atoms with van der Waals surface area (Å²) < 4.78 is 0. The molecule has 0 atom stereocenters. The minimum Gasteiger partial charge on any atom is -0.478 e. The Kier molecular flexibility index (Phi) is 4.75. The van der Waals surface area contributed by atoms with Crippen LogP contribution >= 0.6 is 11.6 Å². The first-order chi connectivity index (χ1) is 8.02. The summed E-state index contributed by atoms with van der Waals surface area (Å²) in [6.45, 7) is 4.17. The van der Waals surface area contributed by atoms with Gasteiger partial charge in [-0.2, -0.15) is 0 Å². The average molecular weight is 257 g/mol. The van der Waals surface area contributed by atoms with Gasteiger partial charge in [-0.1, -0.05) is 25.4 Å². The zero-order chi connectivity index (χ0) is 13.0. The van der Waals surface area contributed by atoms with Gasteiger partial charge in [-0.15, -0.1) is 0 Å². The van der Waals surface area contributed by atoms with Crippen LogP contribution in [0, 0.1) is 0 Å². The van der Waals surface area contributed by atoms with Crippen molar-refractivity contribution >= 4 is 23.4 Å². The smallest absolute Gasteiger partial charge is 0.337 e. The molecule has 0 aliphatic heterocycles. The highest BCUT2D eigenvalue weighted by molar-refractivity contribution is 6.35. The van der Waals surface area contributed by atoms with E-state index in [2.05, 4.69) is 18.8 Å². The van der Waals surface area contributed by atoms with Crippen LogP contribution in [0.25, 0.3) is 0 Å². The Balaban J connectivity index is 3.14. The second-order valence-electron chi connectivity index (χ2n) is 3.88. The molecule has 0 saturated carbocycles. The molecular weight excluding hydrogens is 240 g/mol. The minimum absolute atomic E-state index is 0.0921. The molecule has 0 amide bonds. The molecule has 0 spiro atoms. The first-order valence-electron chi connectivity index (χ1n) is 5.63. The van der Waals surface area contributed by atoms with Crippen LogP contribution in [0.5, 0.6) is 0 Å². The molecule has 94 valence electrons. The Labute approximate surface area is 106 Å². The summed E-state index contributed by atoms with van der Waals surface area (Å²) in [6, 6.07) is 1.72. The molecule has 0 aliphatic carbocycles. The van der Waals surface area contributed by atoms with Crippen molar-refractivity contribution in [2.75, 3.05) is 11.9 Å². The number of anilines is 1. The highest BCUT2D eigenvalue weighted by Gasteiger charge is 2.19. The molecule has 0 unspecified atom stereocenters. The van der Waals surface area contributed by atoms with E-state index in [1.165, 1.54) is 12.3 Å². The predicted octanol–water partition coefficient (Wildman–Crippen LogP) is 3.06. The van der Waals surface area contributed by atoms with Gasteiger partial charge in [0.25, 0.3) is 0 Å². The Bertz CT molecular complexity index is 405. The monoisotopic (exact) mass is 256 g/mol. The predicted molar refractivity (Wildman–Crippen MR) is 69.0 cm³/mol. The molecule has 4 nitrogen and oxygen atoms in total. The molecule has 0 bridgehead atoms. The van der Waals surface area contributed by atoms with E-state index >= 15 is 0 Å². The summed E-state index contributed by atoms with van der Waals surface area (Å²) in [4.78, 5) is 17.1. The fourth-order valence-corrected chi connectivity index (χ4v) is 2.18. The van der Waals surface area contributed by atoms with Gasteiger partial charge in [0.15, 0.2) is 0 Å². The average Bonchev–Trinajstić information content (AvgIpc) is 2.30. The summed E-state index contributed by atoms with van der Waals surface area (Å²) in [7, 11) is 1.89. The van der Waals surface area contributed by atoms with Crippen LogP contribution in [0.15, 0.2) is 12.3 Å². The number of carboxylic acid groups (broad SMARTS) is 1. The molecule has 1 rings (SSSR count). The van der Waals surface area contributed by atoms with E-state index < -0.39 is 5.97 Å². The number of aromatic carboxylic acids is 1. The lowest BCUT2D eigenvalue weighted by Crippen LogP contribution is -2.31. The summed E-state index contributed by atoms with van der Waals surface area (Å²) in [5.74, 6) is -0.503. The van der Waals surface area contributed by atoms with Crippen LogP contribution in [0.1, 0.15) is 37.0 Å². The molecule has 0 radical (unpaired) electrons. The minimum atomic E-state index is -1.03. The highest BCUT2D eigenvalue weighted by atomic mass is 35.5. The van der Waals surface area contributed by atoms with Gasteiger partial charge < -0.3 is 10.0 Å². The quantitative estimate of drug-likeness (QED) is 0.880. The lowest BCUT2D eigenvalue weighted by molar-refractivity contribution is 0.0697. The molecule has 1 aromatic heterocycles. The van der Waals surface area contributed by atoms with E-state index in [0.717, 1.165) is 12.8 Å². The Morgan fingerprint density at radius 3 is 2.59 bits per heavy atom. The fourth-order valence-electron chi connectivity index (χ4n) is 1.85. The van der Waals surface area contributed by atoms with Crippen molar-refractivity contribution in [2.45, 2.75) is 32.7 Å². The number of hydrogen-bond acceptors (Lipinski definition) is 3. The third kappa shape index (κ3) is 2.88. The third-order valence-electron chi connectivity index (χ3n) is 2.93. The molecule has 0 aliphatic rings. The van der Waals surface area contributed by atoms with E-state index in [0.29, 0.717) is 11.9 Å². The number of carbonyl (C=O) groups is 1. The maximum atomic E-state index is 11.0. The number of rotatable bonds is 5. The zero-order valence-electron chi connectivity index (χ0n) is 10.3. The van der Waals surface area contributed by atoms with E-state index in [1.807, 2.05) is 11.9 Å². The van der Waals surface area contributed by atoms with Crippen molar-refractivity contribution < 1.29 is 9.90 Å². The molecule has 17 heavy (non-hydrogen) atoms. The number of carboxylic acids is 1. The van der Waals surface area contributed by atoms with E-state index in [4.69, 9.17) is 16.7 Å². The Morgan fingerprint density at radius 2 is 2.12 bits per heavy atom. The van der Waals surface area contributed by atoms with Gasteiger partial charge in [-0.05, 0) is 18.9 Å². The van der Waals surface area contributed by atoms with Crippen LogP contribution in [-0.4, -0.2) is 29.1 Å². The molecule has 0 saturated heterocycles. The van der Waals surface area contributed by atoms with E-state index in [9.17, 15) is 4.79 Å². The van der Waals surface area contributed by atoms with Gasteiger partial charge in [-0.3, -0.25) is 0 Å². The number of halogens is 1. The number of nitrogens with zero attached hydrogens (tertiary/aromatic N) is 2. The molecule has 5 heteroatoms. The molecule has 1 aromatic rings. The summed E-state index contributed by atoms with van der Waals surface area (Å²) in [5.41, 5.74) is 0.0921. The second-order valence-corrected chi connectivity index (χ2v) is 4.26. The van der Waals surface area contributed by atoms with Gasteiger partial charge >= 0.3 is 5.97 Å². The van der Waals surface area contributed by atoms with Gasteiger partial charge in [0.2, 0.25) is 0 Å². The Hall–Kier alpha value is -1.29. The normalized spacial score (nSPS) is 10.6. The van der Waals surface area contributed by atoms with Crippen molar-refractivity contribution in [3.8, 4) is 0 Å². The van der Waals surface area contributed by atoms with Crippen molar-refractivity contribution in [3.63, 3.8) is 0 Å². The van der Waals surface area contributed by atoms with Crippen molar-refractivity contribution in [2.24, 2.45) is 0 Å². The Morgan fingerprint density at radius 1 is 1.53 bits per heavy atom. The number of hydrogen-bond donors (Lipinski definition) is 1. The van der Waals surface area contributed by atoms with Crippen LogP contribution in [0.4, 0.5) is 5.82 Å². The van der Waals surface area contributed by atoms with Gasteiger partial charge in [0, 0.05) is 19.3 Å². The number of aromatic nitrogens is 1. The second kappa shape index (κ2) is 5.87. The van der Waals surface area contributed by atoms with Gasteiger partial charge in [0.05, 0.1) is 10.6 Å². The number of pyridine rings is 1. The van der Waals surface area contributed by atoms with Gasteiger partial charge in [0.1, 0.15) is 5.82 Å². The van der Waals surface area contributed by atoms with Crippen LogP contribution < -0.4 is 4.90 Å². The molecule has 1 N–H and O–H groups in total. The lowest BCUT2D eigenvalue weighted by Gasteiger charge is -2.28. The summed E-state index contributed by atoms with van der Waals surface area (Å²) in [6.07, 6.45) is 3.40. The topological polar surface area (TPSA) is 53.4 Å². The summed E-state index contributed by atoms with van der Waals surface area (Å²) in [5, 5.41) is 9.20. The first kappa shape index (κ1) is 13.8.